The molecule has 23 heavy (non-hydrogen) atoms. The van der Waals surface area contributed by atoms with Gasteiger partial charge in [0.1, 0.15) is 11.4 Å². The first kappa shape index (κ1) is 14.8. The lowest BCUT2D eigenvalue weighted by Gasteiger charge is -2.10. The van der Waals surface area contributed by atoms with E-state index in [0.29, 0.717) is 0 Å². The number of rotatable bonds is 3. The Kier molecular flexibility index (Phi) is 3.40. The van der Waals surface area contributed by atoms with E-state index in [-0.39, 0.29) is 22.7 Å². The van der Waals surface area contributed by atoms with Gasteiger partial charge in [-0.25, -0.2) is 9.50 Å². The number of hydrogen-bond acceptors (Lipinski definition) is 4. The van der Waals surface area contributed by atoms with E-state index in [9.17, 15) is 18.0 Å². The predicted molar refractivity (Wildman–Crippen MR) is 76.2 cm³/mol. The van der Waals surface area contributed by atoms with Gasteiger partial charge in [0.25, 0.3) is 5.91 Å². The van der Waals surface area contributed by atoms with E-state index < -0.39 is 17.6 Å². The highest BCUT2D eigenvalue weighted by molar-refractivity contribution is 5.98. The second-order valence-corrected chi connectivity index (χ2v) is 4.71. The zero-order valence-corrected chi connectivity index (χ0v) is 11.5. The highest BCUT2D eigenvalue weighted by Gasteiger charge is 2.30. The molecule has 0 unspecified atom stereocenters. The third-order valence-corrected chi connectivity index (χ3v) is 3.10. The van der Waals surface area contributed by atoms with Crippen molar-refractivity contribution in [2.45, 2.75) is 6.18 Å². The molecular weight excluding hydrogens is 311 g/mol. The van der Waals surface area contributed by atoms with Crippen LogP contribution in [0.15, 0.2) is 42.7 Å². The molecule has 2 aromatic heterocycles. The van der Waals surface area contributed by atoms with Crippen LogP contribution in [-0.4, -0.2) is 20.5 Å². The summed E-state index contributed by atoms with van der Waals surface area (Å²) in [6.45, 7) is 0. The molecule has 0 saturated heterocycles. The molecule has 0 aliphatic rings. The van der Waals surface area contributed by atoms with Crippen molar-refractivity contribution in [3.05, 3.63) is 53.9 Å². The van der Waals surface area contributed by atoms with Crippen LogP contribution in [0.2, 0.25) is 0 Å². The maximum Gasteiger partial charge on any atom is 0.416 e. The number of carbonyl (C=O) groups is 1. The molecule has 0 radical (unpaired) electrons. The number of nitrogens with zero attached hydrogens (tertiary/aromatic N) is 3. The Bertz CT molecular complexity index is 887. The van der Waals surface area contributed by atoms with Crippen LogP contribution in [0.4, 0.5) is 24.7 Å². The summed E-state index contributed by atoms with van der Waals surface area (Å²) in [5.74, 6) is -0.427. The molecule has 0 aliphatic heterocycles. The fourth-order valence-electron chi connectivity index (χ4n) is 2.03. The third kappa shape index (κ3) is 2.93. The number of fused-ring (bicyclic) bond motifs is 1. The van der Waals surface area contributed by atoms with Crippen LogP contribution in [0.1, 0.15) is 15.9 Å². The quantitative estimate of drug-likeness (QED) is 0.776. The molecule has 3 rings (SSSR count). The van der Waals surface area contributed by atoms with Crippen molar-refractivity contribution in [1.82, 2.24) is 14.6 Å². The minimum absolute atomic E-state index is 0.123. The summed E-state index contributed by atoms with van der Waals surface area (Å²) in [5, 5.41) is 6.67. The van der Waals surface area contributed by atoms with Gasteiger partial charge < -0.3 is 11.1 Å². The number of anilines is 2. The van der Waals surface area contributed by atoms with Crippen molar-refractivity contribution in [2.24, 2.45) is 5.73 Å². The minimum Gasteiger partial charge on any atom is -0.365 e. The lowest BCUT2D eigenvalue weighted by molar-refractivity contribution is -0.137. The number of halogens is 3. The normalized spacial score (nSPS) is 11.6. The topological polar surface area (TPSA) is 85.3 Å². The number of nitrogens with two attached hydrogens (primary N) is 1. The zero-order chi connectivity index (χ0) is 16.6. The van der Waals surface area contributed by atoms with Crippen LogP contribution in [0.3, 0.4) is 0 Å². The molecule has 6 nitrogen and oxygen atoms in total. The van der Waals surface area contributed by atoms with Gasteiger partial charge in [-0.05, 0) is 24.3 Å². The van der Waals surface area contributed by atoms with Crippen molar-refractivity contribution < 1.29 is 18.0 Å². The van der Waals surface area contributed by atoms with Crippen molar-refractivity contribution >= 4 is 23.1 Å². The average Bonchev–Trinajstić information content (AvgIpc) is 2.90. The van der Waals surface area contributed by atoms with Gasteiger partial charge in [0, 0.05) is 11.9 Å². The van der Waals surface area contributed by atoms with E-state index >= 15 is 0 Å². The lowest BCUT2D eigenvalue weighted by Crippen LogP contribution is -2.11. The molecule has 1 amide bonds. The smallest absolute Gasteiger partial charge is 0.365 e. The lowest BCUT2D eigenvalue weighted by atomic mass is 10.2. The molecule has 118 valence electrons. The largest absolute Gasteiger partial charge is 0.416 e. The molecule has 2 heterocycles. The van der Waals surface area contributed by atoms with E-state index in [2.05, 4.69) is 15.4 Å². The van der Waals surface area contributed by atoms with E-state index in [1.54, 1.807) is 0 Å². The van der Waals surface area contributed by atoms with E-state index in [1.807, 2.05) is 0 Å². The van der Waals surface area contributed by atoms with Crippen molar-refractivity contribution in [2.75, 3.05) is 5.32 Å². The van der Waals surface area contributed by atoms with Crippen LogP contribution in [0.25, 0.3) is 5.65 Å². The number of amides is 1. The van der Waals surface area contributed by atoms with E-state index in [4.69, 9.17) is 5.73 Å². The summed E-state index contributed by atoms with van der Waals surface area (Å²) in [7, 11) is 0. The molecule has 0 spiro atoms. The second kappa shape index (κ2) is 5.27. The Hall–Kier alpha value is -3.10. The number of hydrogen-bond donors (Lipinski definition) is 2. The number of aromatic nitrogens is 3. The van der Waals surface area contributed by atoms with Crippen LogP contribution >= 0.6 is 0 Å². The van der Waals surface area contributed by atoms with Crippen LogP contribution in [-0.2, 0) is 6.18 Å². The van der Waals surface area contributed by atoms with Crippen molar-refractivity contribution in [1.29, 1.82) is 0 Å². The van der Waals surface area contributed by atoms with Crippen LogP contribution in [0, 0.1) is 0 Å². The summed E-state index contributed by atoms with van der Waals surface area (Å²) >= 11 is 0. The van der Waals surface area contributed by atoms with Gasteiger partial charge in [-0.2, -0.15) is 18.3 Å². The Morgan fingerprint density at radius 2 is 2.04 bits per heavy atom. The van der Waals surface area contributed by atoms with Gasteiger partial charge >= 0.3 is 6.18 Å². The number of nitrogens with one attached hydrogen (secondary N) is 1. The Morgan fingerprint density at radius 1 is 1.26 bits per heavy atom. The minimum atomic E-state index is -4.43. The fraction of sp³-hybridized carbons (Fsp3) is 0.0714. The predicted octanol–water partition coefficient (Wildman–Crippen LogP) is 2.59. The molecule has 9 heteroatoms. The van der Waals surface area contributed by atoms with Gasteiger partial charge in [-0.1, -0.05) is 6.07 Å². The molecule has 0 saturated carbocycles. The average molecular weight is 321 g/mol. The zero-order valence-electron chi connectivity index (χ0n) is 11.5. The monoisotopic (exact) mass is 321 g/mol. The van der Waals surface area contributed by atoms with Gasteiger partial charge in [-0.3, -0.25) is 4.79 Å². The standard InChI is InChI=1S/C14H10F3N5O/c15-14(16,17)8-2-1-3-9(6-8)20-11-4-5-22-13(21-11)10(7-19-22)12(18)23/h1-7H,(H2,18,23)(H,20,21). The van der Waals surface area contributed by atoms with Crippen LogP contribution in [0.5, 0.6) is 0 Å². The van der Waals surface area contributed by atoms with Gasteiger partial charge in [0.05, 0.1) is 11.8 Å². The highest BCUT2D eigenvalue weighted by Crippen LogP contribution is 2.31. The van der Waals surface area contributed by atoms with Gasteiger partial charge in [-0.15, -0.1) is 0 Å². The first-order valence-corrected chi connectivity index (χ1v) is 6.43. The summed E-state index contributed by atoms with van der Waals surface area (Å²) in [4.78, 5) is 15.4. The van der Waals surface area contributed by atoms with Crippen molar-refractivity contribution in [3.63, 3.8) is 0 Å². The molecule has 0 aliphatic carbocycles. The third-order valence-electron chi connectivity index (χ3n) is 3.10. The second-order valence-electron chi connectivity index (χ2n) is 4.71. The molecule has 3 N–H and O–H groups in total. The number of benzene rings is 1. The molecular formula is C14H10F3N5O. The number of carbonyl (C=O) groups excluding carboxylic acids is 1. The summed E-state index contributed by atoms with van der Waals surface area (Å²) in [6.07, 6.45) is -1.64. The molecule has 0 fully saturated rings. The highest BCUT2D eigenvalue weighted by atomic mass is 19.4. The summed E-state index contributed by atoms with van der Waals surface area (Å²) in [6, 6.07) is 6.23. The first-order chi connectivity index (χ1) is 10.8. The Balaban J connectivity index is 1.95. The molecule has 0 atom stereocenters. The number of primary amides is 1. The van der Waals surface area contributed by atoms with Crippen LogP contribution < -0.4 is 11.1 Å². The Labute approximate surface area is 127 Å². The van der Waals surface area contributed by atoms with E-state index in [1.165, 1.54) is 35.1 Å². The summed E-state index contributed by atoms with van der Waals surface area (Å²) < 4.78 is 39.5. The fourth-order valence-corrected chi connectivity index (χ4v) is 2.03. The summed E-state index contributed by atoms with van der Waals surface area (Å²) in [5.41, 5.74) is 5.00. The Morgan fingerprint density at radius 3 is 2.74 bits per heavy atom. The van der Waals surface area contributed by atoms with Gasteiger partial charge in [0.15, 0.2) is 5.65 Å². The van der Waals surface area contributed by atoms with E-state index in [0.717, 1.165) is 12.1 Å². The SMILES string of the molecule is NC(=O)c1cnn2ccc(Nc3cccc(C(F)(F)F)c3)nc12. The maximum absolute atomic E-state index is 12.7. The molecule has 1 aromatic carbocycles. The maximum atomic E-state index is 12.7. The number of alkyl halides is 3. The van der Waals surface area contributed by atoms with Gasteiger partial charge in [0.2, 0.25) is 0 Å². The molecule has 0 bridgehead atoms. The first-order valence-electron chi connectivity index (χ1n) is 6.43. The molecule has 3 aromatic rings. The van der Waals surface area contributed by atoms with Crippen molar-refractivity contribution in [3.8, 4) is 0 Å².